The molecule has 28 heavy (non-hydrogen) atoms. The maximum atomic E-state index is 11.4. The molecule has 0 aliphatic carbocycles. The van der Waals surface area contributed by atoms with Crippen molar-refractivity contribution >= 4 is 17.4 Å². The summed E-state index contributed by atoms with van der Waals surface area (Å²) in [6.45, 7) is 0.271. The minimum absolute atomic E-state index is 0.00900. The molecule has 4 rings (SSSR count). The van der Waals surface area contributed by atoms with Gasteiger partial charge in [0.25, 0.3) is 0 Å². The Morgan fingerprint density at radius 3 is 2.21 bits per heavy atom. The Balaban J connectivity index is 1.53. The van der Waals surface area contributed by atoms with E-state index in [1.807, 2.05) is 54.6 Å². The van der Waals surface area contributed by atoms with E-state index in [-0.39, 0.29) is 13.2 Å². The zero-order chi connectivity index (χ0) is 19.5. The third-order valence-corrected chi connectivity index (χ3v) is 4.75. The number of hydrogen-bond donors (Lipinski definition) is 2. The van der Waals surface area contributed by atoms with Gasteiger partial charge >= 0.3 is 5.97 Å². The molecule has 1 aliphatic rings. The summed E-state index contributed by atoms with van der Waals surface area (Å²) < 4.78 is 5.38. The van der Waals surface area contributed by atoms with Crippen LogP contribution in [0.15, 0.2) is 71.7 Å². The van der Waals surface area contributed by atoms with Crippen LogP contribution in [-0.2, 0) is 6.42 Å². The first-order valence-corrected chi connectivity index (χ1v) is 9.03. The molecule has 0 saturated carbocycles. The van der Waals surface area contributed by atoms with Gasteiger partial charge < -0.3 is 14.9 Å². The SMILES string of the molecule is O=C(O)c1cccc2c1CC(c1ccc(-c3ccc(OCCO)cc3)cc1)=N2. The van der Waals surface area contributed by atoms with E-state index in [1.54, 1.807) is 12.1 Å². The van der Waals surface area contributed by atoms with Crippen LogP contribution in [0.25, 0.3) is 11.1 Å². The summed E-state index contributed by atoms with van der Waals surface area (Å²) in [5, 5.41) is 18.2. The summed E-state index contributed by atoms with van der Waals surface area (Å²) in [4.78, 5) is 16.0. The summed E-state index contributed by atoms with van der Waals surface area (Å²) >= 11 is 0. The van der Waals surface area contributed by atoms with Gasteiger partial charge in [-0.1, -0.05) is 42.5 Å². The number of carboxylic acids is 1. The minimum Gasteiger partial charge on any atom is -0.491 e. The van der Waals surface area contributed by atoms with Crippen LogP contribution in [0.2, 0.25) is 0 Å². The lowest BCUT2D eigenvalue weighted by Crippen LogP contribution is -2.05. The van der Waals surface area contributed by atoms with Crippen molar-refractivity contribution in [3.8, 4) is 16.9 Å². The monoisotopic (exact) mass is 373 g/mol. The van der Waals surface area contributed by atoms with Crippen LogP contribution in [0.1, 0.15) is 21.5 Å². The number of carbonyl (C=O) groups is 1. The Morgan fingerprint density at radius 1 is 0.929 bits per heavy atom. The van der Waals surface area contributed by atoms with Crippen LogP contribution in [0.3, 0.4) is 0 Å². The van der Waals surface area contributed by atoms with E-state index < -0.39 is 5.97 Å². The molecule has 1 heterocycles. The van der Waals surface area contributed by atoms with Crippen molar-refractivity contribution in [2.24, 2.45) is 4.99 Å². The van der Waals surface area contributed by atoms with Crippen molar-refractivity contribution in [3.05, 3.63) is 83.4 Å². The zero-order valence-electron chi connectivity index (χ0n) is 15.1. The number of aliphatic hydroxyl groups excluding tert-OH is 1. The lowest BCUT2D eigenvalue weighted by Gasteiger charge is -2.07. The van der Waals surface area contributed by atoms with E-state index in [4.69, 9.17) is 9.84 Å². The van der Waals surface area contributed by atoms with Crippen molar-refractivity contribution in [3.63, 3.8) is 0 Å². The largest absolute Gasteiger partial charge is 0.491 e. The Hall–Kier alpha value is -3.44. The Kier molecular flexibility index (Phi) is 4.91. The molecule has 5 nitrogen and oxygen atoms in total. The summed E-state index contributed by atoms with van der Waals surface area (Å²) in [7, 11) is 0. The quantitative estimate of drug-likeness (QED) is 0.682. The van der Waals surface area contributed by atoms with Crippen LogP contribution >= 0.6 is 0 Å². The number of aromatic carboxylic acids is 1. The molecule has 3 aromatic rings. The highest BCUT2D eigenvalue weighted by Crippen LogP contribution is 2.32. The maximum absolute atomic E-state index is 11.4. The number of ether oxygens (including phenoxy) is 1. The molecular weight excluding hydrogens is 354 g/mol. The minimum atomic E-state index is -0.921. The average molecular weight is 373 g/mol. The summed E-state index contributed by atoms with van der Waals surface area (Å²) in [5.41, 5.74) is 5.82. The van der Waals surface area contributed by atoms with Gasteiger partial charge in [0.1, 0.15) is 12.4 Å². The van der Waals surface area contributed by atoms with E-state index in [1.165, 1.54) is 0 Å². The Morgan fingerprint density at radius 2 is 1.57 bits per heavy atom. The van der Waals surface area contributed by atoms with Crippen molar-refractivity contribution < 1.29 is 19.7 Å². The molecule has 1 aliphatic heterocycles. The summed E-state index contributed by atoms with van der Waals surface area (Å²) in [6, 6.07) is 21.0. The van der Waals surface area contributed by atoms with Crippen LogP contribution in [-0.4, -0.2) is 35.1 Å². The first-order chi connectivity index (χ1) is 13.7. The van der Waals surface area contributed by atoms with Gasteiger partial charge in [-0.3, -0.25) is 4.99 Å². The second-order valence-corrected chi connectivity index (χ2v) is 6.52. The second kappa shape index (κ2) is 7.66. The fourth-order valence-electron chi connectivity index (χ4n) is 3.35. The van der Waals surface area contributed by atoms with Crippen LogP contribution in [0.4, 0.5) is 5.69 Å². The first kappa shape index (κ1) is 17.9. The topological polar surface area (TPSA) is 79.1 Å². The molecule has 3 aromatic carbocycles. The molecule has 0 saturated heterocycles. The van der Waals surface area contributed by atoms with Gasteiger partial charge in [-0.05, 0) is 46.5 Å². The van der Waals surface area contributed by atoms with Gasteiger partial charge in [-0.25, -0.2) is 4.79 Å². The van der Waals surface area contributed by atoms with Crippen molar-refractivity contribution in [1.82, 2.24) is 0 Å². The Labute approximate surface area is 162 Å². The lowest BCUT2D eigenvalue weighted by molar-refractivity contribution is 0.0696. The van der Waals surface area contributed by atoms with Gasteiger partial charge in [0.15, 0.2) is 0 Å². The molecule has 0 spiro atoms. The molecule has 0 radical (unpaired) electrons. The fourth-order valence-corrected chi connectivity index (χ4v) is 3.35. The molecule has 0 unspecified atom stereocenters. The number of nitrogens with zero attached hydrogens (tertiary/aromatic N) is 1. The number of aliphatic hydroxyl groups is 1. The Bertz CT molecular complexity index is 1040. The number of aliphatic imine (C=N–C) groups is 1. The van der Waals surface area contributed by atoms with Gasteiger partial charge in [-0.2, -0.15) is 0 Å². The third-order valence-electron chi connectivity index (χ3n) is 4.75. The fraction of sp³-hybridized carbons (Fsp3) is 0.130. The van der Waals surface area contributed by atoms with Crippen molar-refractivity contribution in [2.75, 3.05) is 13.2 Å². The van der Waals surface area contributed by atoms with E-state index in [9.17, 15) is 9.90 Å². The van der Waals surface area contributed by atoms with Gasteiger partial charge in [0, 0.05) is 6.42 Å². The average Bonchev–Trinajstić information content (AvgIpc) is 3.17. The molecule has 2 N–H and O–H groups in total. The smallest absolute Gasteiger partial charge is 0.336 e. The predicted molar refractivity (Wildman–Crippen MR) is 108 cm³/mol. The molecule has 140 valence electrons. The number of carboxylic acid groups (broad SMARTS) is 1. The van der Waals surface area contributed by atoms with Crippen molar-refractivity contribution in [1.29, 1.82) is 0 Å². The van der Waals surface area contributed by atoms with Gasteiger partial charge in [-0.15, -0.1) is 0 Å². The summed E-state index contributed by atoms with van der Waals surface area (Å²) in [5.74, 6) is -0.197. The van der Waals surface area contributed by atoms with Gasteiger partial charge in [0.2, 0.25) is 0 Å². The third kappa shape index (κ3) is 3.52. The molecule has 0 fully saturated rings. The molecule has 0 amide bonds. The highest BCUT2D eigenvalue weighted by atomic mass is 16.5. The second-order valence-electron chi connectivity index (χ2n) is 6.52. The van der Waals surface area contributed by atoms with E-state index in [2.05, 4.69) is 4.99 Å². The zero-order valence-corrected chi connectivity index (χ0v) is 15.1. The normalized spacial score (nSPS) is 12.4. The molecule has 0 bridgehead atoms. The highest BCUT2D eigenvalue weighted by molar-refractivity contribution is 6.08. The lowest BCUT2D eigenvalue weighted by atomic mass is 9.98. The van der Waals surface area contributed by atoms with E-state index in [0.717, 1.165) is 39.4 Å². The molecular formula is C23H19NO4. The van der Waals surface area contributed by atoms with Crippen LogP contribution in [0, 0.1) is 0 Å². The highest BCUT2D eigenvalue weighted by Gasteiger charge is 2.21. The first-order valence-electron chi connectivity index (χ1n) is 9.03. The van der Waals surface area contributed by atoms with Crippen molar-refractivity contribution in [2.45, 2.75) is 6.42 Å². The summed E-state index contributed by atoms with van der Waals surface area (Å²) in [6.07, 6.45) is 0.522. The number of benzene rings is 3. The number of fused-ring (bicyclic) bond motifs is 1. The van der Waals surface area contributed by atoms with E-state index in [0.29, 0.717) is 12.0 Å². The molecule has 0 aromatic heterocycles. The standard InChI is InChI=1S/C23H19NO4/c25-12-13-28-18-10-8-16(9-11-18)15-4-6-17(7-5-15)22-14-20-19(23(26)27)2-1-3-21(20)24-22/h1-11,25H,12-14H2,(H,26,27). The van der Waals surface area contributed by atoms with Crippen LogP contribution < -0.4 is 4.74 Å². The maximum Gasteiger partial charge on any atom is 0.336 e. The van der Waals surface area contributed by atoms with Crippen LogP contribution in [0.5, 0.6) is 5.75 Å². The predicted octanol–water partition coefficient (Wildman–Crippen LogP) is 4.10. The van der Waals surface area contributed by atoms with Gasteiger partial charge in [0.05, 0.1) is 23.6 Å². The van der Waals surface area contributed by atoms with E-state index >= 15 is 0 Å². The number of rotatable bonds is 6. The molecule has 5 heteroatoms. The molecule has 0 atom stereocenters. The number of hydrogen-bond acceptors (Lipinski definition) is 4.